The predicted molar refractivity (Wildman–Crippen MR) is 64.7 cm³/mol. The maximum Gasteiger partial charge on any atom is 0.142 e. The van der Waals surface area contributed by atoms with Gasteiger partial charge in [0.15, 0.2) is 0 Å². The van der Waals surface area contributed by atoms with Crippen LogP contribution in [0.1, 0.15) is 12.5 Å². The van der Waals surface area contributed by atoms with E-state index in [2.05, 4.69) is 0 Å². The second kappa shape index (κ2) is 6.01. The lowest BCUT2D eigenvalue weighted by molar-refractivity contribution is 0.359. The number of hydrogen-bond donors (Lipinski definition) is 1. The average Bonchev–Trinajstić information content (AvgIpc) is 2.20. The first-order valence-corrected chi connectivity index (χ1v) is 5.36. The third-order valence-corrected chi connectivity index (χ3v) is 2.36. The molecule has 82 valence electrons. The molecule has 1 aromatic carbocycles. The van der Waals surface area contributed by atoms with Crippen LogP contribution in [0.3, 0.4) is 0 Å². The van der Waals surface area contributed by atoms with Crippen LogP contribution in [0.5, 0.6) is 5.75 Å². The standard InChI is InChI=1S/C11H13Cl2NO/c1-2-3-4-15-11-8(7-14)5-9(12)6-10(11)13/h2-3,5-6H,4,7,14H2,1H3/b3-2+. The van der Waals surface area contributed by atoms with Crippen LogP contribution >= 0.6 is 23.2 Å². The fourth-order valence-electron chi connectivity index (χ4n) is 1.15. The molecule has 4 heteroatoms. The van der Waals surface area contributed by atoms with E-state index in [1.54, 1.807) is 12.1 Å². The fraction of sp³-hybridized carbons (Fsp3) is 0.273. The number of rotatable bonds is 4. The van der Waals surface area contributed by atoms with Gasteiger partial charge in [0.1, 0.15) is 12.4 Å². The largest absolute Gasteiger partial charge is 0.488 e. The van der Waals surface area contributed by atoms with Crippen molar-refractivity contribution in [3.8, 4) is 5.75 Å². The van der Waals surface area contributed by atoms with Gasteiger partial charge in [0.2, 0.25) is 0 Å². The molecule has 0 aliphatic carbocycles. The summed E-state index contributed by atoms with van der Waals surface area (Å²) in [5.41, 5.74) is 6.39. The Morgan fingerprint density at radius 3 is 2.73 bits per heavy atom. The molecule has 1 rings (SSSR count). The molecule has 2 nitrogen and oxygen atoms in total. The van der Waals surface area contributed by atoms with Gasteiger partial charge in [0, 0.05) is 17.1 Å². The van der Waals surface area contributed by atoms with Crippen LogP contribution < -0.4 is 10.5 Å². The Hall–Kier alpha value is -0.700. The molecule has 0 spiro atoms. The average molecular weight is 246 g/mol. The van der Waals surface area contributed by atoms with E-state index in [4.69, 9.17) is 33.7 Å². The quantitative estimate of drug-likeness (QED) is 0.826. The van der Waals surface area contributed by atoms with E-state index in [1.807, 2.05) is 19.1 Å². The van der Waals surface area contributed by atoms with Gasteiger partial charge in [-0.1, -0.05) is 35.4 Å². The first kappa shape index (κ1) is 12.4. The van der Waals surface area contributed by atoms with Gasteiger partial charge >= 0.3 is 0 Å². The maximum absolute atomic E-state index is 6.00. The Balaban J connectivity index is 2.93. The van der Waals surface area contributed by atoms with Gasteiger partial charge in [-0.2, -0.15) is 0 Å². The minimum atomic E-state index is 0.353. The highest BCUT2D eigenvalue weighted by Gasteiger charge is 2.08. The molecule has 0 unspecified atom stereocenters. The van der Waals surface area contributed by atoms with Gasteiger partial charge in [-0.15, -0.1) is 0 Å². The number of allylic oxidation sites excluding steroid dienone is 1. The van der Waals surface area contributed by atoms with Crippen molar-refractivity contribution in [3.63, 3.8) is 0 Å². The topological polar surface area (TPSA) is 35.2 Å². The minimum absolute atomic E-state index is 0.353. The third kappa shape index (κ3) is 3.42. The summed E-state index contributed by atoms with van der Waals surface area (Å²) in [5.74, 6) is 0.613. The molecule has 0 amide bonds. The Labute approximate surface area is 99.6 Å². The van der Waals surface area contributed by atoms with Gasteiger partial charge < -0.3 is 10.5 Å². The van der Waals surface area contributed by atoms with Gasteiger partial charge in [0.25, 0.3) is 0 Å². The highest BCUT2D eigenvalue weighted by molar-refractivity contribution is 6.35. The van der Waals surface area contributed by atoms with Crippen LogP contribution in [0.2, 0.25) is 10.0 Å². The smallest absolute Gasteiger partial charge is 0.142 e. The first-order valence-electron chi connectivity index (χ1n) is 4.61. The number of nitrogens with two attached hydrogens (primary N) is 1. The minimum Gasteiger partial charge on any atom is -0.488 e. The van der Waals surface area contributed by atoms with Crippen molar-refractivity contribution >= 4 is 23.2 Å². The Morgan fingerprint density at radius 2 is 2.13 bits per heavy atom. The number of halogens is 2. The van der Waals surface area contributed by atoms with Gasteiger partial charge in [0.05, 0.1) is 5.02 Å². The van der Waals surface area contributed by atoms with Crippen molar-refractivity contribution < 1.29 is 4.74 Å². The van der Waals surface area contributed by atoms with Crippen LogP contribution in [-0.2, 0) is 6.54 Å². The van der Waals surface area contributed by atoms with Crippen LogP contribution in [-0.4, -0.2) is 6.61 Å². The highest BCUT2D eigenvalue weighted by atomic mass is 35.5. The summed E-state index contributed by atoms with van der Waals surface area (Å²) >= 11 is 11.9. The summed E-state index contributed by atoms with van der Waals surface area (Å²) < 4.78 is 5.50. The molecular formula is C11H13Cl2NO. The van der Waals surface area contributed by atoms with Gasteiger partial charge in [-0.3, -0.25) is 0 Å². The highest BCUT2D eigenvalue weighted by Crippen LogP contribution is 2.32. The lowest BCUT2D eigenvalue weighted by Crippen LogP contribution is -2.03. The van der Waals surface area contributed by atoms with Crippen molar-refractivity contribution in [1.29, 1.82) is 0 Å². The monoisotopic (exact) mass is 245 g/mol. The van der Waals surface area contributed by atoms with Crippen molar-refractivity contribution in [2.45, 2.75) is 13.5 Å². The predicted octanol–water partition coefficient (Wildman–Crippen LogP) is 3.41. The van der Waals surface area contributed by atoms with Crippen molar-refractivity contribution in [1.82, 2.24) is 0 Å². The molecule has 0 radical (unpaired) electrons. The maximum atomic E-state index is 6.00. The van der Waals surface area contributed by atoms with Crippen molar-refractivity contribution in [2.75, 3.05) is 6.61 Å². The summed E-state index contributed by atoms with van der Waals surface area (Å²) in [6.07, 6.45) is 3.80. The van der Waals surface area contributed by atoms with E-state index >= 15 is 0 Å². The molecule has 0 aliphatic rings. The van der Waals surface area contributed by atoms with Crippen molar-refractivity contribution in [2.24, 2.45) is 5.73 Å². The summed E-state index contributed by atoms with van der Waals surface area (Å²) in [7, 11) is 0. The molecule has 0 aliphatic heterocycles. The zero-order valence-electron chi connectivity index (χ0n) is 8.47. The van der Waals surface area contributed by atoms with Crippen LogP contribution in [0.4, 0.5) is 0 Å². The first-order chi connectivity index (χ1) is 7.19. The molecule has 1 aromatic rings. The van der Waals surface area contributed by atoms with E-state index in [1.165, 1.54) is 0 Å². The number of benzene rings is 1. The SMILES string of the molecule is C/C=C/COc1c(Cl)cc(Cl)cc1CN. The molecule has 2 N–H and O–H groups in total. The van der Waals surface area contributed by atoms with Crippen molar-refractivity contribution in [3.05, 3.63) is 39.9 Å². The summed E-state index contributed by atoms with van der Waals surface area (Å²) in [6, 6.07) is 3.41. The van der Waals surface area contributed by atoms with Crippen LogP contribution in [0, 0.1) is 0 Å². The van der Waals surface area contributed by atoms with E-state index in [0.29, 0.717) is 28.9 Å². The fourth-order valence-corrected chi connectivity index (χ4v) is 1.74. The van der Waals surface area contributed by atoms with E-state index in [-0.39, 0.29) is 0 Å². The van der Waals surface area contributed by atoms with E-state index in [0.717, 1.165) is 5.56 Å². The molecule has 0 atom stereocenters. The lowest BCUT2D eigenvalue weighted by Gasteiger charge is -2.11. The zero-order valence-corrected chi connectivity index (χ0v) is 9.98. The lowest BCUT2D eigenvalue weighted by atomic mass is 10.2. The zero-order chi connectivity index (χ0) is 11.3. The van der Waals surface area contributed by atoms with Gasteiger partial charge in [-0.25, -0.2) is 0 Å². The Kier molecular flexibility index (Phi) is 4.95. The molecule has 0 heterocycles. The summed E-state index contributed by atoms with van der Waals surface area (Å²) in [5, 5.41) is 1.06. The van der Waals surface area contributed by atoms with E-state index in [9.17, 15) is 0 Å². The molecule has 0 bridgehead atoms. The molecule has 0 fully saturated rings. The molecular weight excluding hydrogens is 233 g/mol. The number of hydrogen-bond acceptors (Lipinski definition) is 2. The van der Waals surface area contributed by atoms with Crippen LogP contribution in [0.25, 0.3) is 0 Å². The Bertz CT molecular complexity index is 364. The van der Waals surface area contributed by atoms with Gasteiger partial charge in [-0.05, 0) is 19.1 Å². The summed E-state index contributed by atoms with van der Waals surface area (Å²) in [6.45, 7) is 2.76. The molecule has 15 heavy (non-hydrogen) atoms. The second-order valence-electron chi connectivity index (χ2n) is 2.96. The summed E-state index contributed by atoms with van der Waals surface area (Å²) in [4.78, 5) is 0. The molecule has 0 saturated heterocycles. The molecule has 0 saturated carbocycles. The second-order valence-corrected chi connectivity index (χ2v) is 3.80. The van der Waals surface area contributed by atoms with Crippen LogP contribution in [0.15, 0.2) is 24.3 Å². The molecule has 0 aromatic heterocycles. The normalized spacial score (nSPS) is 10.9. The number of ether oxygens (including phenoxy) is 1. The van der Waals surface area contributed by atoms with E-state index < -0.39 is 0 Å². The third-order valence-electron chi connectivity index (χ3n) is 1.86. The Morgan fingerprint density at radius 1 is 1.40 bits per heavy atom.